The number of aromatic nitrogens is 3. The minimum absolute atomic E-state index is 0.0886. The highest BCUT2D eigenvalue weighted by Crippen LogP contribution is 2.31. The van der Waals surface area contributed by atoms with E-state index in [1.165, 1.54) is 4.90 Å². The first-order valence-electron chi connectivity index (χ1n) is 9.20. The number of imidazole rings is 1. The van der Waals surface area contributed by atoms with Gasteiger partial charge >= 0.3 is 6.09 Å². The first kappa shape index (κ1) is 19.0. The zero-order valence-corrected chi connectivity index (χ0v) is 16.2. The van der Waals surface area contributed by atoms with Crippen LogP contribution in [0.2, 0.25) is 5.15 Å². The molecule has 0 spiro atoms. The third-order valence-corrected chi connectivity index (χ3v) is 5.35. The second kappa shape index (κ2) is 7.97. The smallest absolute Gasteiger partial charge is 0.407 e. The molecule has 1 saturated heterocycles. The minimum atomic E-state index is -0.905. The van der Waals surface area contributed by atoms with Gasteiger partial charge in [-0.3, -0.25) is 4.40 Å². The number of rotatable bonds is 4. The summed E-state index contributed by atoms with van der Waals surface area (Å²) in [6, 6.07) is 9.06. The highest BCUT2D eigenvalue weighted by atomic mass is 35.5. The first-order chi connectivity index (χ1) is 14.1. The molecule has 1 aliphatic rings. The van der Waals surface area contributed by atoms with Gasteiger partial charge in [0.25, 0.3) is 5.88 Å². The molecule has 0 saturated carbocycles. The van der Waals surface area contributed by atoms with Crippen molar-refractivity contribution in [1.29, 1.82) is 5.26 Å². The monoisotopic (exact) mass is 411 g/mol. The Morgan fingerprint density at radius 1 is 1.38 bits per heavy atom. The maximum absolute atomic E-state index is 11.2. The van der Waals surface area contributed by atoms with Gasteiger partial charge in [0.1, 0.15) is 10.8 Å². The van der Waals surface area contributed by atoms with Gasteiger partial charge in [0.2, 0.25) is 5.65 Å². The summed E-state index contributed by atoms with van der Waals surface area (Å²) in [4.78, 5) is 21.5. The Balaban J connectivity index is 1.62. The van der Waals surface area contributed by atoms with Crippen LogP contribution in [0.15, 0.2) is 36.7 Å². The van der Waals surface area contributed by atoms with Gasteiger partial charge in [-0.1, -0.05) is 23.7 Å². The molecule has 0 bridgehead atoms. The number of hydrogen-bond donors (Lipinski definition) is 1. The fourth-order valence-electron chi connectivity index (χ4n) is 3.49. The molecule has 1 N–H and O–H groups in total. The van der Waals surface area contributed by atoms with Crippen LogP contribution in [-0.2, 0) is 0 Å². The molecule has 4 rings (SSSR count). The van der Waals surface area contributed by atoms with E-state index in [0.717, 1.165) is 18.4 Å². The van der Waals surface area contributed by atoms with Gasteiger partial charge in [-0.05, 0) is 25.0 Å². The highest BCUT2D eigenvalue weighted by molar-refractivity contribution is 6.32. The van der Waals surface area contributed by atoms with Crippen molar-refractivity contribution in [2.45, 2.75) is 12.8 Å². The van der Waals surface area contributed by atoms with Gasteiger partial charge in [-0.15, -0.1) is 0 Å². The number of likely N-dealkylation sites (tertiary alicyclic amines) is 1. The standard InChI is InChI=1S/C20H18ClN5O3/c21-17-16(15-5-3-13(10-22)4-6-15)24-19(18-23-7-9-26(17)18)29-12-14-2-1-8-25(11-14)20(27)28/h3-7,9,14H,1-2,8,11-12H2,(H,27,28)/t14-/m1/s1. The molecule has 1 fully saturated rings. The number of carbonyl (C=O) groups is 1. The summed E-state index contributed by atoms with van der Waals surface area (Å²) in [5.74, 6) is 0.428. The number of halogens is 1. The van der Waals surface area contributed by atoms with E-state index in [0.29, 0.717) is 47.6 Å². The molecule has 0 aliphatic carbocycles. The van der Waals surface area contributed by atoms with Crippen molar-refractivity contribution >= 4 is 23.3 Å². The summed E-state index contributed by atoms with van der Waals surface area (Å²) in [5, 5.41) is 18.6. The molecular formula is C20H18ClN5O3. The van der Waals surface area contributed by atoms with Gasteiger partial charge < -0.3 is 14.7 Å². The molecule has 29 heavy (non-hydrogen) atoms. The molecule has 148 valence electrons. The van der Waals surface area contributed by atoms with Gasteiger partial charge in [-0.25, -0.2) is 14.8 Å². The molecule has 9 heteroatoms. The molecular weight excluding hydrogens is 394 g/mol. The lowest BCUT2D eigenvalue weighted by Gasteiger charge is -2.30. The Kier molecular flexibility index (Phi) is 5.23. The molecule has 0 radical (unpaired) electrons. The van der Waals surface area contributed by atoms with Crippen LogP contribution < -0.4 is 4.74 Å². The van der Waals surface area contributed by atoms with Gasteiger partial charge in [-0.2, -0.15) is 5.26 Å². The zero-order valence-electron chi connectivity index (χ0n) is 15.5. The average Bonchev–Trinajstić information content (AvgIpc) is 3.24. The minimum Gasteiger partial charge on any atom is -0.475 e. The van der Waals surface area contributed by atoms with Crippen LogP contribution in [0.3, 0.4) is 0 Å². The Bertz CT molecular complexity index is 1090. The van der Waals surface area contributed by atoms with E-state index in [9.17, 15) is 9.90 Å². The summed E-state index contributed by atoms with van der Waals surface area (Å²) in [5.41, 5.74) is 2.32. The normalized spacial score (nSPS) is 16.6. The Morgan fingerprint density at radius 3 is 2.90 bits per heavy atom. The SMILES string of the molecule is N#Cc1ccc(-c2nc(OC[C@@H]3CCCN(C(=O)O)C3)c3nccn3c2Cl)cc1. The highest BCUT2D eigenvalue weighted by Gasteiger charge is 2.24. The molecule has 1 atom stereocenters. The fraction of sp³-hybridized carbons (Fsp3) is 0.300. The molecule has 1 aromatic carbocycles. The van der Waals surface area contributed by atoms with Crippen molar-refractivity contribution in [2.75, 3.05) is 19.7 Å². The van der Waals surface area contributed by atoms with Crippen molar-refractivity contribution in [3.8, 4) is 23.2 Å². The van der Waals surface area contributed by atoms with Crippen LogP contribution in [0.25, 0.3) is 16.9 Å². The number of amides is 1. The van der Waals surface area contributed by atoms with Crippen molar-refractivity contribution in [2.24, 2.45) is 5.92 Å². The van der Waals surface area contributed by atoms with Crippen molar-refractivity contribution < 1.29 is 14.6 Å². The predicted octanol–water partition coefficient (Wildman–Crippen LogP) is 3.69. The molecule has 1 aliphatic heterocycles. The van der Waals surface area contributed by atoms with Crippen LogP contribution in [0.5, 0.6) is 5.88 Å². The van der Waals surface area contributed by atoms with Crippen LogP contribution in [0.1, 0.15) is 18.4 Å². The van der Waals surface area contributed by atoms with Crippen molar-refractivity contribution in [3.05, 3.63) is 47.4 Å². The number of piperidine rings is 1. The lowest BCUT2D eigenvalue weighted by molar-refractivity contribution is 0.104. The summed E-state index contributed by atoms with van der Waals surface area (Å²) in [7, 11) is 0. The summed E-state index contributed by atoms with van der Waals surface area (Å²) >= 11 is 6.53. The van der Waals surface area contributed by atoms with Gasteiger partial charge in [0.05, 0.1) is 18.2 Å². The Morgan fingerprint density at radius 2 is 2.17 bits per heavy atom. The van der Waals surface area contributed by atoms with E-state index < -0.39 is 6.09 Å². The average molecular weight is 412 g/mol. The summed E-state index contributed by atoms with van der Waals surface area (Å²) in [6.45, 7) is 1.34. The van der Waals surface area contributed by atoms with E-state index in [4.69, 9.17) is 21.6 Å². The Hall–Kier alpha value is -3.31. The maximum Gasteiger partial charge on any atom is 0.407 e. The number of hydrogen-bond acceptors (Lipinski definition) is 5. The molecule has 3 aromatic rings. The number of ether oxygens (including phenoxy) is 1. The largest absolute Gasteiger partial charge is 0.475 e. The number of nitrogens with zero attached hydrogens (tertiary/aromatic N) is 5. The van der Waals surface area contributed by atoms with E-state index >= 15 is 0 Å². The van der Waals surface area contributed by atoms with Crippen LogP contribution in [0.4, 0.5) is 4.79 Å². The topological polar surface area (TPSA) is 104 Å². The fourth-order valence-corrected chi connectivity index (χ4v) is 3.77. The van der Waals surface area contributed by atoms with Gasteiger partial charge in [0, 0.05) is 37.0 Å². The van der Waals surface area contributed by atoms with Crippen LogP contribution in [0, 0.1) is 17.2 Å². The maximum atomic E-state index is 11.2. The van der Waals surface area contributed by atoms with Gasteiger partial charge in [0.15, 0.2) is 0 Å². The number of nitriles is 1. The molecule has 1 amide bonds. The second-order valence-corrected chi connectivity index (χ2v) is 7.27. The first-order valence-corrected chi connectivity index (χ1v) is 9.58. The van der Waals surface area contributed by atoms with E-state index in [-0.39, 0.29) is 5.92 Å². The molecule has 0 unspecified atom stereocenters. The third-order valence-electron chi connectivity index (χ3n) is 4.98. The molecule has 2 aromatic heterocycles. The van der Waals surface area contributed by atoms with Crippen LogP contribution in [-0.4, -0.2) is 50.2 Å². The predicted molar refractivity (Wildman–Crippen MR) is 106 cm³/mol. The van der Waals surface area contributed by atoms with Crippen molar-refractivity contribution in [1.82, 2.24) is 19.3 Å². The summed E-state index contributed by atoms with van der Waals surface area (Å²) < 4.78 is 7.68. The zero-order chi connectivity index (χ0) is 20.4. The van der Waals surface area contributed by atoms with Crippen molar-refractivity contribution in [3.63, 3.8) is 0 Å². The number of benzene rings is 1. The van der Waals surface area contributed by atoms with Crippen LogP contribution >= 0.6 is 11.6 Å². The van der Waals surface area contributed by atoms with E-state index in [1.54, 1.807) is 41.1 Å². The van der Waals surface area contributed by atoms with E-state index in [2.05, 4.69) is 16.0 Å². The summed E-state index contributed by atoms with van der Waals surface area (Å²) in [6.07, 6.45) is 4.14. The lowest BCUT2D eigenvalue weighted by atomic mass is 9.99. The third kappa shape index (κ3) is 3.82. The molecule has 3 heterocycles. The lowest BCUT2D eigenvalue weighted by Crippen LogP contribution is -2.40. The number of fused-ring (bicyclic) bond motifs is 1. The van der Waals surface area contributed by atoms with E-state index in [1.807, 2.05) is 0 Å². The second-order valence-electron chi connectivity index (χ2n) is 6.91. The molecule has 8 nitrogen and oxygen atoms in total. The number of carboxylic acid groups (broad SMARTS) is 1. The quantitative estimate of drug-likeness (QED) is 0.702. The Labute approximate surface area is 171 Å².